The van der Waals surface area contributed by atoms with E-state index in [-0.39, 0.29) is 11.8 Å². The number of nitrogens with one attached hydrogen (secondary N) is 1. The van der Waals surface area contributed by atoms with Gasteiger partial charge < -0.3 is 14.6 Å². The van der Waals surface area contributed by atoms with Gasteiger partial charge in [-0.2, -0.15) is 0 Å². The molecule has 0 radical (unpaired) electrons. The molecule has 0 saturated heterocycles. The molecule has 0 fully saturated rings. The van der Waals surface area contributed by atoms with Crippen LogP contribution in [0.15, 0.2) is 18.2 Å². The van der Waals surface area contributed by atoms with Crippen molar-refractivity contribution < 1.29 is 9.53 Å². The molecule has 22 heavy (non-hydrogen) atoms. The van der Waals surface area contributed by atoms with E-state index in [4.69, 9.17) is 4.74 Å². The fourth-order valence-electron chi connectivity index (χ4n) is 3.68. The second kappa shape index (κ2) is 6.03. The van der Waals surface area contributed by atoms with Gasteiger partial charge in [0.2, 0.25) is 5.91 Å². The molecule has 4 heteroatoms. The average molecular weight is 300 g/mol. The molecular formula is C18H24N2O2. The van der Waals surface area contributed by atoms with Crippen LogP contribution in [0.2, 0.25) is 0 Å². The Morgan fingerprint density at radius 2 is 2.14 bits per heavy atom. The number of aromatic nitrogens is 1. The number of aryl methyl sites for hydroxylation is 1. The number of carbonyl (C=O) groups excluding carboxylic acids is 1. The van der Waals surface area contributed by atoms with Crippen molar-refractivity contribution in [3.8, 4) is 5.75 Å². The number of likely N-dealkylation sites (N-methyl/N-ethyl adjacent to an activating group) is 1. The summed E-state index contributed by atoms with van der Waals surface area (Å²) in [6.07, 6.45) is 2.99. The van der Waals surface area contributed by atoms with E-state index in [1.807, 2.05) is 30.9 Å². The zero-order valence-electron chi connectivity index (χ0n) is 13.6. The number of carbonyl (C=O) groups is 1. The van der Waals surface area contributed by atoms with Gasteiger partial charge in [0.15, 0.2) is 0 Å². The molecule has 3 rings (SSSR count). The van der Waals surface area contributed by atoms with Gasteiger partial charge in [-0.3, -0.25) is 4.79 Å². The number of rotatable bonds is 4. The molecule has 0 saturated carbocycles. The van der Waals surface area contributed by atoms with Crippen LogP contribution in [0.1, 0.15) is 43.9 Å². The van der Waals surface area contributed by atoms with Crippen LogP contribution >= 0.6 is 0 Å². The molecule has 1 atom stereocenters. The van der Waals surface area contributed by atoms with Gasteiger partial charge in [-0.15, -0.1) is 0 Å². The van der Waals surface area contributed by atoms with E-state index in [0.717, 1.165) is 54.6 Å². The lowest BCUT2D eigenvalue weighted by atomic mass is 9.84. The Morgan fingerprint density at radius 3 is 2.82 bits per heavy atom. The highest BCUT2D eigenvalue weighted by molar-refractivity contribution is 5.96. The van der Waals surface area contributed by atoms with Crippen LogP contribution in [0.5, 0.6) is 5.75 Å². The van der Waals surface area contributed by atoms with Crippen molar-refractivity contribution in [2.75, 3.05) is 20.2 Å². The number of H-pyrrole nitrogens is 1. The van der Waals surface area contributed by atoms with Crippen molar-refractivity contribution in [3.63, 3.8) is 0 Å². The second-order valence-electron chi connectivity index (χ2n) is 5.86. The number of methoxy groups -OCH3 is 1. The molecule has 1 aromatic carbocycles. The van der Waals surface area contributed by atoms with Crippen molar-refractivity contribution >= 4 is 16.8 Å². The Bertz CT molecular complexity index is 686. The van der Waals surface area contributed by atoms with Gasteiger partial charge in [0.1, 0.15) is 5.75 Å². The van der Waals surface area contributed by atoms with Gasteiger partial charge in [-0.25, -0.2) is 0 Å². The summed E-state index contributed by atoms with van der Waals surface area (Å²) in [5, 5.41) is 1.09. The van der Waals surface area contributed by atoms with Crippen LogP contribution in [0.3, 0.4) is 0 Å². The first-order valence-corrected chi connectivity index (χ1v) is 8.17. The molecule has 0 bridgehead atoms. The van der Waals surface area contributed by atoms with Crippen LogP contribution in [0.25, 0.3) is 10.9 Å². The topological polar surface area (TPSA) is 45.3 Å². The van der Waals surface area contributed by atoms with Gasteiger partial charge in [0.25, 0.3) is 0 Å². The minimum absolute atomic E-state index is 0.0475. The average Bonchev–Trinajstić information content (AvgIpc) is 2.94. The number of nitrogens with zero attached hydrogens (tertiary/aromatic N) is 1. The van der Waals surface area contributed by atoms with Crippen LogP contribution in [-0.4, -0.2) is 36.0 Å². The lowest BCUT2D eigenvalue weighted by Gasteiger charge is -2.28. The molecular weight excluding hydrogens is 276 g/mol. The maximum atomic E-state index is 12.9. The highest BCUT2D eigenvalue weighted by Gasteiger charge is 2.33. The summed E-state index contributed by atoms with van der Waals surface area (Å²) in [6.45, 7) is 5.61. The minimum atomic E-state index is -0.0475. The maximum Gasteiger partial charge on any atom is 0.230 e. The maximum absolute atomic E-state index is 12.9. The Balaban J connectivity index is 2.14. The zero-order valence-corrected chi connectivity index (χ0v) is 13.6. The van der Waals surface area contributed by atoms with Gasteiger partial charge in [0.05, 0.1) is 13.0 Å². The molecule has 1 aliphatic rings. The first-order chi connectivity index (χ1) is 10.7. The molecule has 1 N–H and O–H groups in total. The van der Waals surface area contributed by atoms with Crippen molar-refractivity contribution in [3.05, 3.63) is 29.5 Å². The normalized spacial score (nSPS) is 17.3. The van der Waals surface area contributed by atoms with Crippen molar-refractivity contribution in [2.45, 2.75) is 39.0 Å². The van der Waals surface area contributed by atoms with Gasteiger partial charge in [-0.1, -0.05) is 6.07 Å². The second-order valence-corrected chi connectivity index (χ2v) is 5.86. The lowest BCUT2D eigenvalue weighted by Crippen LogP contribution is -2.36. The van der Waals surface area contributed by atoms with E-state index in [0.29, 0.717) is 0 Å². The van der Waals surface area contributed by atoms with Crippen LogP contribution in [0.4, 0.5) is 0 Å². The zero-order chi connectivity index (χ0) is 15.7. The standard InChI is InChI=1S/C18H24N2O2/c1-4-20(5-2)18(21)12-8-6-9-13-16(12)17-14(19-13)10-7-11-15(17)22-3/h7,10-12,19H,4-6,8-9H2,1-3H3. The predicted octanol–water partition coefficient (Wildman–Crippen LogP) is 3.46. The summed E-state index contributed by atoms with van der Waals surface area (Å²) in [7, 11) is 1.69. The van der Waals surface area contributed by atoms with E-state index in [1.54, 1.807) is 7.11 Å². The number of benzene rings is 1. The number of aromatic amines is 1. The van der Waals surface area contributed by atoms with E-state index in [1.165, 1.54) is 5.69 Å². The van der Waals surface area contributed by atoms with Crippen molar-refractivity contribution in [1.29, 1.82) is 0 Å². The molecule has 1 unspecified atom stereocenters. The SMILES string of the molecule is CCN(CC)C(=O)C1CCCc2[nH]c3cccc(OC)c3c21. The number of fused-ring (bicyclic) bond motifs is 3. The smallest absolute Gasteiger partial charge is 0.230 e. The van der Waals surface area contributed by atoms with Crippen LogP contribution in [-0.2, 0) is 11.2 Å². The lowest BCUT2D eigenvalue weighted by molar-refractivity contribution is -0.132. The Hall–Kier alpha value is -1.97. The van der Waals surface area contributed by atoms with Crippen LogP contribution < -0.4 is 4.74 Å². The highest BCUT2D eigenvalue weighted by atomic mass is 16.5. The number of hydrogen-bond acceptors (Lipinski definition) is 2. The molecule has 2 aromatic rings. The highest BCUT2D eigenvalue weighted by Crippen LogP contribution is 2.41. The summed E-state index contributed by atoms with van der Waals surface area (Å²) in [6, 6.07) is 6.03. The monoisotopic (exact) mass is 300 g/mol. The molecule has 0 spiro atoms. The molecule has 0 aliphatic heterocycles. The van der Waals surface area contributed by atoms with Crippen molar-refractivity contribution in [1.82, 2.24) is 9.88 Å². The fourth-order valence-corrected chi connectivity index (χ4v) is 3.68. The van der Waals surface area contributed by atoms with Crippen LogP contribution in [0, 0.1) is 0 Å². The molecule has 118 valence electrons. The minimum Gasteiger partial charge on any atom is -0.496 e. The third-order valence-corrected chi connectivity index (χ3v) is 4.77. The Kier molecular flexibility index (Phi) is 4.10. The number of amides is 1. The molecule has 1 amide bonds. The molecule has 1 heterocycles. The molecule has 1 aliphatic carbocycles. The third-order valence-electron chi connectivity index (χ3n) is 4.77. The Labute approximate surface area is 131 Å². The first-order valence-electron chi connectivity index (χ1n) is 8.17. The summed E-state index contributed by atoms with van der Waals surface area (Å²) < 4.78 is 5.55. The van der Waals surface area contributed by atoms with E-state index < -0.39 is 0 Å². The van der Waals surface area contributed by atoms with E-state index in [9.17, 15) is 4.79 Å². The summed E-state index contributed by atoms with van der Waals surface area (Å²) in [5.41, 5.74) is 3.44. The quantitative estimate of drug-likeness (QED) is 0.939. The predicted molar refractivity (Wildman–Crippen MR) is 88.5 cm³/mol. The third kappa shape index (κ3) is 2.27. The van der Waals surface area contributed by atoms with Gasteiger partial charge in [0, 0.05) is 29.7 Å². The van der Waals surface area contributed by atoms with Crippen molar-refractivity contribution in [2.24, 2.45) is 0 Å². The number of ether oxygens (including phenoxy) is 1. The first kappa shape index (κ1) is 14.9. The van der Waals surface area contributed by atoms with Gasteiger partial charge >= 0.3 is 0 Å². The van der Waals surface area contributed by atoms with E-state index in [2.05, 4.69) is 11.1 Å². The fraction of sp³-hybridized carbons (Fsp3) is 0.500. The van der Waals surface area contributed by atoms with Gasteiger partial charge in [-0.05, 0) is 50.8 Å². The number of hydrogen-bond donors (Lipinski definition) is 1. The summed E-state index contributed by atoms with van der Waals surface area (Å²) >= 11 is 0. The summed E-state index contributed by atoms with van der Waals surface area (Å²) in [4.78, 5) is 18.4. The molecule has 1 aromatic heterocycles. The van der Waals surface area contributed by atoms with E-state index >= 15 is 0 Å². The summed E-state index contributed by atoms with van der Waals surface area (Å²) in [5.74, 6) is 1.06. The molecule has 4 nitrogen and oxygen atoms in total. The Morgan fingerprint density at radius 1 is 1.36 bits per heavy atom. The largest absolute Gasteiger partial charge is 0.496 e.